The fourth-order valence-corrected chi connectivity index (χ4v) is 1.53. The number of rotatable bonds is 1. The van der Waals surface area contributed by atoms with Crippen molar-refractivity contribution in [3.8, 4) is 0 Å². The molecule has 10 heteroatoms. The van der Waals surface area contributed by atoms with Gasteiger partial charge in [-0.2, -0.15) is 13.5 Å². The Hall–Kier alpha value is 1.01. The Morgan fingerprint density at radius 3 is 1.86 bits per heavy atom. The molecule has 0 bridgehead atoms. The second kappa shape index (κ2) is 5.92. The van der Waals surface area contributed by atoms with Gasteiger partial charge in [-0.3, -0.25) is 19.3 Å². The van der Waals surface area contributed by atoms with Crippen LogP contribution < -0.4 is 0 Å². The molecule has 7 nitrogen and oxygen atoms in total. The van der Waals surface area contributed by atoms with Crippen LogP contribution in [0.15, 0.2) is 0 Å². The Morgan fingerprint density at radius 1 is 1.29 bits per heavy atom. The standard InChI is InChI=1S/C4H5NO6S.2Na.2H/c6-3-1-2(12(9,10)11)4(7)5(3)8;;;;/h2,8H,1H2,(H,9,10,11);;;;. The molecule has 0 aromatic heterocycles. The number of carbonyl (C=O) groups is 2. The summed E-state index contributed by atoms with van der Waals surface area (Å²) in [6.07, 6.45) is -0.714. The molecule has 1 atom stereocenters. The van der Waals surface area contributed by atoms with E-state index in [-0.39, 0.29) is 64.2 Å². The number of imide groups is 1. The number of carbonyl (C=O) groups excluding carboxylic acids is 2. The van der Waals surface area contributed by atoms with Gasteiger partial charge in [0.1, 0.15) is 0 Å². The molecule has 0 aromatic rings. The van der Waals surface area contributed by atoms with Crippen molar-refractivity contribution >= 4 is 81.0 Å². The van der Waals surface area contributed by atoms with Crippen molar-refractivity contribution in [1.82, 2.24) is 5.06 Å². The van der Waals surface area contributed by atoms with Crippen molar-refractivity contribution in [2.24, 2.45) is 0 Å². The zero-order valence-corrected chi connectivity index (χ0v) is 6.48. The molecule has 2 N–H and O–H groups in total. The van der Waals surface area contributed by atoms with Gasteiger partial charge in [0.05, 0.1) is 6.42 Å². The SMILES string of the molecule is O=C1CC(S(=O)(=O)O)C(=O)N1O.[NaH].[NaH]. The predicted molar refractivity (Wildman–Crippen MR) is 47.9 cm³/mol. The van der Waals surface area contributed by atoms with Crippen LogP contribution in [0.1, 0.15) is 6.42 Å². The number of hydroxylamine groups is 2. The molecule has 1 aliphatic heterocycles. The monoisotopic (exact) mass is 243 g/mol. The fraction of sp³-hybridized carbons (Fsp3) is 0.500. The fourth-order valence-electron chi connectivity index (χ4n) is 0.824. The Morgan fingerprint density at radius 2 is 1.71 bits per heavy atom. The van der Waals surface area contributed by atoms with Crippen LogP contribution >= 0.6 is 0 Å². The maximum atomic E-state index is 10.7. The summed E-state index contributed by atoms with van der Waals surface area (Å²) in [6.45, 7) is 0. The van der Waals surface area contributed by atoms with Crippen LogP contribution in [0.2, 0.25) is 0 Å². The molecule has 1 heterocycles. The molecule has 0 spiro atoms. The summed E-state index contributed by atoms with van der Waals surface area (Å²) in [5, 5.41) is 6.40. The van der Waals surface area contributed by atoms with Crippen LogP contribution in [0.5, 0.6) is 0 Å². The Bertz CT molecular complexity index is 340. The van der Waals surface area contributed by atoms with Crippen LogP contribution in [-0.2, 0) is 19.7 Å². The first kappa shape index (κ1) is 17.4. The van der Waals surface area contributed by atoms with E-state index in [0.29, 0.717) is 0 Å². The van der Waals surface area contributed by atoms with Gasteiger partial charge < -0.3 is 0 Å². The Kier molecular flexibility index (Phi) is 7.36. The summed E-state index contributed by atoms with van der Waals surface area (Å²) >= 11 is 0. The minimum atomic E-state index is -4.59. The molecule has 72 valence electrons. The normalized spacial score (nSPS) is 21.6. The molecular weight excluding hydrogens is 236 g/mol. The van der Waals surface area contributed by atoms with E-state index in [1.54, 1.807) is 0 Å². The number of nitrogens with zero attached hydrogens (tertiary/aromatic N) is 1. The number of hydrogen-bond donors (Lipinski definition) is 2. The molecular formula is C4H7NNa2O6S. The second-order valence-electron chi connectivity index (χ2n) is 2.25. The van der Waals surface area contributed by atoms with Crippen molar-refractivity contribution in [2.75, 3.05) is 0 Å². The van der Waals surface area contributed by atoms with E-state index in [2.05, 4.69) is 0 Å². The van der Waals surface area contributed by atoms with Crippen molar-refractivity contribution in [3.63, 3.8) is 0 Å². The molecule has 0 radical (unpaired) electrons. The van der Waals surface area contributed by atoms with Gasteiger partial charge in [0, 0.05) is 0 Å². The first-order valence-electron chi connectivity index (χ1n) is 2.86. The van der Waals surface area contributed by atoms with Crippen molar-refractivity contribution < 1.29 is 27.8 Å². The molecule has 0 aromatic carbocycles. The molecule has 1 aliphatic rings. The van der Waals surface area contributed by atoms with Crippen LogP contribution in [0.4, 0.5) is 0 Å². The van der Waals surface area contributed by atoms with Gasteiger partial charge in [0.25, 0.3) is 21.9 Å². The number of hydrogen-bond acceptors (Lipinski definition) is 5. The number of amides is 2. The third-order valence-corrected chi connectivity index (χ3v) is 2.53. The van der Waals surface area contributed by atoms with E-state index >= 15 is 0 Å². The van der Waals surface area contributed by atoms with E-state index < -0.39 is 33.6 Å². The summed E-state index contributed by atoms with van der Waals surface area (Å²) in [4.78, 5) is 21.2. The maximum absolute atomic E-state index is 10.7. The van der Waals surface area contributed by atoms with Crippen LogP contribution in [0.3, 0.4) is 0 Å². The van der Waals surface area contributed by atoms with Gasteiger partial charge >= 0.3 is 59.1 Å². The average molecular weight is 243 g/mol. The average Bonchev–Trinajstić information content (AvgIpc) is 2.15. The zero-order chi connectivity index (χ0) is 9.52. The van der Waals surface area contributed by atoms with Crippen molar-refractivity contribution in [3.05, 3.63) is 0 Å². The van der Waals surface area contributed by atoms with E-state index in [1.807, 2.05) is 0 Å². The first-order valence-corrected chi connectivity index (χ1v) is 4.36. The van der Waals surface area contributed by atoms with Gasteiger partial charge in [0.2, 0.25) is 0 Å². The minimum absolute atomic E-state index is 0. The molecule has 0 saturated carbocycles. The molecule has 14 heavy (non-hydrogen) atoms. The van der Waals surface area contributed by atoms with Crippen molar-refractivity contribution in [1.29, 1.82) is 0 Å². The van der Waals surface area contributed by atoms with Crippen LogP contribution in [0.25, 0.3) is 0 Å². The molecule has 1 saturated heterocycles. The Balaban J connectivity index is 0. The molecule has 1 unspecified atom stereocenters. The third kappa shape index (κ3) is 3.54. The topological polar surface area (TPSA) is 112 Å². The van der Waals surface area contributed by atoms with Crippen molar-refractivity contribution in [2.45, 2.75) is 11.7 Å². The summed E-state index contributed by atoms with van der Waals surface area (Å²) < 4.78 is 29.1. The van der Waals surface area contributed by atoms with Gasteiger partial charge in [-0.15, -0.1) is 0 Å². The molecule has 1 fully saturated rings. The summed E-state index contributed by atoms with van der Waals surface area (Å²) in [6, 6.07) is 0. The van der Waals surface area contributed by atoms with Gasteiger partial charge in [0.15, 0.2) is 5.25 Å². The zero-order valence-electron chi connectivity index (χ0n) is 5.67. The molecule has 0 aliphatic carbocycles. The van der Waals surface area contributed by atoms with Crippen LogP contribution in [0, 0.1) is 0 Å². The predicted octanol–water partition coefficient (Wildman–Crippen LogP) is -2.91. The molecule has 1 rings (SSSR count). The van der Waals surface area contributed by atoms with E-state index in [9.17, 15) is 18.0 Å². The van der Waals surface area contributed by atoms with E-state index in [1.165, 1.54) is 0 Å². The van der Waals surface area contributed by atoms with Gasteiger partial charge in [-0.1, -0.05) is 0 Å². The molecule has 2 amide bonds. The quantitative estimate of drug-likeness (QED) is 0.221. The van der Waals surface area contributed by atoms with Gasteiger partial charge in [-0.05, 0) is 0 Å². The summed E-state index contributed by atoms with van der Waals surface area (Å²) in [5.74, 6) is -2.36. The summed E-state index contributed by atoms with van der Waals surface area (Å²) in [5.41, 5.74) is 0. The summed E-state index contributed by atoms with van der Waals surface area (Å²) in [7, 11) is -4.59. The van der Waals surface area contributed by atoms with Gasteiger partial charge in [-0.25, -0.2) is 0 Å². The third-order valence-electron chi connectivity index (χ3n) is 1.44. The Labute approximate surface area is 124 Å². The van der Waals surface area contributed by atoms with E-state index in [0.717, 1.165) is 0 Å². The van der Waals surface area contributed by atoms with E-state index in [4.69, 9.17) is 9.76 Å². The first-order chi connectivity index (χ1) is 5.34. The second-order valence-corrected chi connectivity index (χ2v) is 3.85. The van der Waals surface area contributed by atoms with Crippen LogP contribution in [-0.4, -0.2) is 99.4 Å².